The van der Waals surface area contributed by atoms with Gasteiger partial charge in [0, 0.05) is 11.7 Å². The number of amides is 3. The number of anilines is 1. The average Bonchev–Trinajstić information content (AvgIpc) is 2.80. The molecule has 34 heavy (non-hydrogen) atoms. The number of carbonyl (C=O) groups is 3. The second-order valence-electron chi connectivity index (χ2n) is 7.65. The Morgan fingerprint density at radius 3 is 2.50 bits per heavy atom. The molecule has 10 heteroatoms. The van der Waals surface area contributed by atoms with Crippen LogP contribution < -0.4 is 25.5 Å². The van der Waals surface area contributed by atoms with Crippen LogP contribution in [0.5, 0.6) is 11.5 Å². The summed E-state index contributed by atoms with van der Waals surface area (Å²) < 4.78 is 11.8. The lowest BCUT2D eigenvalue weighted by molar-refractivity contribution is -0.139. The van der Waals surface area contributed by atoms with E-state index in [1.807, 2.05) is 39.0 Å². The molecule has 0 bridgehead atoms. The Labute approximate surface area is 212 Å². The molecule has 0 heterocycles. The molecule has 0 radical (unpaired) electrons. The quantitative estimate of drug-likeness (QED) is 0.182. The maximum atomic E-state index is 12.3. The summed E-state index contributed by atoms with van der Waals surface area (Å²) in [6.45, 7) is 7.49. The van der Waals surface area contributed by atoms with Crippen molar-refractivity contribution in [2.24, 2.45) is 5.10 Å². The third-order valence-electron chi connectivity index (χ3n) is 4.97. The maximum Gasteiger partial charge on any atom is 0.329 e. The minimum atomic E-state index is -0.854. The van der Waals surface area contributed by atoms with Gasteiger partial charge in [0.25, 0.3) is 5.91 Å². The van der Waals surface area contributed by atoms with E-state index in [9.17, 15) is 14.4 Å². The first-order chi connectivity index (χ1) is 16.1. The van der Waals surface area contributed by atoms with Gasteiger partial charge in [-0.1, -0.05) is 13.0 Å². The first-order valence-electron chi connectivity index (χ1n) is 10.7. The molecule has 182 valence electrons. The predicted molar refractivity (Wildman–Crippen MR) is 139 cm³/mol. The Kier molecular flexibility index (Phi) is 10.3. The van der Waals surface area contributed by atoms with Crippen LogP contribution in [-0.2, 0) is 14.4 Å². The van der Waals surface area contributed by atoms with Gasteiger partial charge in [-0.3, -0.25) is 14.4 Å². The van der Waals surface area contributed by atoms with Gasteiger partial charge in [0.2, 0.25) is 0 Å². The highest BCUT2D eigenvalue weighted by atomic mass is 127. The van der Waals surface area contributed by atoms with Crippen molar-refractivity contribution in [1.29, 1.82) is 0 Å². The molecule has 0 aliphatic heterocycles. The number of hydrazone groups is 1. The van der Waals surface area contributed by atoms with E-state index in [-0.39, 0.29) is 18.6 Å². The Bertz CT molecular complexity index is 1090. The molecule has 2 aromatic carbocycles. The summed E-state index contributed by atoms with van der Waals surface area (Å²) in [5.74, 6) is -1.10. The smallest absolute Gasteiger partial charge is 0.329 e. The van der Waals surface area contributed by atoms with Crippen LogP contribution in [0.15, 0.2) is 35.4 Å². The first-order valence-corrected chi connectivity index (χ1v) is 11.7. The van der Waals surface area contributed by atoms with E-state index < -0.39 is 11.8 Å². The van der Waals surface area contributed by atoms with E-state index in [4.69, 9.17) is 9.47 Å². The summed E-state index contributed by atoms with van der Waals surface area (Å²) in [6, 6.07) is 8.97. The number of halogens is 1. The van der Waals surface area contributed by atoms with Crippen molar-refractivity contribution in [2.45, 2.75) is 40.2 Å². The molecule has 0 saturated carbocycles. The minimum absolute atomic E-state index is 0.108. The highest BCUT2D eigenvalue weighted by Gasteiger charge is 2.15. The zero-order chi connectivity index (χ0) is 25.3. The number of methoxy groups -OCH3 is 1. The number of hydrogen-bond acceptors (Lipinski definition) is 6. The molecule has 9 nitrogen and oxygen atoms in total. The van der Waals surface area contributed by atoms with Crippen molar-refractivity contribution >= 4 is 52.2 Å². The molecular formula is C24H29IN4O5. The molecule has 3 amide bonds. The number of nitrogens with one attached hydrogen (secondary N) is 3. The fourth-order valence-electron chi connectivity index (χ4n) is 2.72. The third kappa shape index (κ3) is 8.01. The number of nitrogens with zero attached hydrogens (tertiary/aromatic N) is 1. The van der Waals surface area contributed by atoms with Gasteiger partial charge in [-0.2, -0.15) is 5.10 Å². The van der Waals surface area contributed by atoms with Gasteiger partial charge in [0.15, 0.2) is 18.1 Å². The van der Waals surface area contributed by atoms with E-state index in [1.165, 1.54) is 13.3 Å². The second kappa shape index (κ2) is 12.9. The zero-order valence-electron chi connectivity index (χ0n) is 19.8. The van der Waals surface area contributed by atoms with Crippen molar-refractivity contribution in [3.05, 3.63) is 50.6 Å². The average molecular weight is 580 g/mol. The Hall–Kier alpha value is -3.15. The minimum Gasteiger partial charge on any atom is -0.493 e. The van der Waals surface area contributed by atoms with Gasteiger partial charge in [-0.25, -0.2) is 5.43 Å². The van der Waals surface area contributed by atoms with E-state index in [2.05, 4.69) is 43.8 Å². The first kappa shape index (κ1) is 27.1. The predicted octanol–water partition coefficient (Wildman–Crippen LogP) is 3.30. The standard InChI is InChI=1S/C24H29IN4O5/c1-6-16(4)27-23(31)24(32)29-26-12-17-10-19(25)22(20(11-17)33-5)34-13-21(30)28-18-8-7-14(2)15(3)9-18/h7-12,16H,6,13H2,1-5H3,(H,27,31)(H,28,30)(H,29,32)/b26-12-/t16-/m1/s1. The summed E-state index contributed by atoms with van der Waals surface area (Å²) in [5, 5.41) is 9.20. The normalized spacial score (nSPS) is 11.6. The number of hydrogen-bond donors (Lipinski definition) is 3. The number of carbonyl (C=O) groups excluding carboxylic acids is 3. The van der Waals surface area contributed by atoms with Crippen molar-refractivity contribution in [2.75, 3.05) is 19.0 Å². The number of aryl methyl sites for hydroxylation is 2. The van der Waals surface area contributed by atoms with Crippen LogP contribution >= 0.6 is 22.6 Å². The van der Waals surface area contributed by atoms with Crippen molar-refractivity contribution in [3.63, 3.8) is 0 Å². The van der Waals surface area contributed by atoms with Crippen LogP contribution in [-0.4, -0.2) is 43.7 Å². The number of ether oxygens (including phenoxy) is 2. The van der Waals surface area contributed by atoms with Gasteiger partial charge in [0.1, 0.15) is 0 Å². The Morgan fingerprint density at radius 2 is 1.85 bits per heavy atom. The summed E-state index contributed by atoms with van der Waals surface area (Å²) in [4.78, 5) is 35.9. The molecule has 1 atom stereocenters. The van der Waals surface area contributed by atoms with Crippen LogP contribution in [0.2, 0.25) is 0 Å². The summed E-state index contributed by atoms with van der Waals surface area (Å²) in [6.07, 6.45) is 2.09. The van der Waals surface area contributed by atoms with Gasteiger partial charge < -0.3 is 20.1 Å². The van der Waals surface area contributed by atoms with Crippen molar-refractivity contribution in [1.82, 2.24) is 10.7 Å². The van der Waals surface area contributed by atoms with Crippen molar-refractivity contribution in [3.8, 4) is 11.5 Å². The molecule has 0 unspecified atom stereocenters. The second-order valence-corrected chi connectivity index (χ2v) is 8.81. The Morgan fingerprint density at radius 1 is 1.12 bits per heavy atom. The van der Waals surface area contributed by atoms with Gasteiger partial charge in [-0.05, 0) is 90.7 Å². The Balaban J connectivity index is 2.00. The van der Waals surface area contributed by atoms with Crippen LogP contribution in [0.1, 0.15) is 37.0 Å². The van der Waals surface area contributed by atoms with E-state index >= 15 is 0 Å². The molecule has 0 aliphatic rings. The molecule has 0 spiro atoms. The van der Waals surface area contributed by atoms with E-state index in [0.717, 1.165) is 11.1 Å². The monoisotopic (exact) mass is 580 g/mol. The van der Waals surface area contributed by atoms with Crippen LogP contribution in [0.25, 0.3) is 0 Å². The summed E-state index contributed by atoms with van der Waals surface area (Å²) >= 11 is 2.06. The van der Waals surface area contributed by atoms with Crippen LogP contribution in [0.4, 0.5) is 5.69 Å². The van der Waals surface area contributed by atoms with E-state index in [0.29, 0.717) is 32.7 Å². The van der Waals surface area contributed by atoms with Gasteiger partial charge in [-0.15, -0.1) is 0 Å². The highest BCUT2D eigenvalue weighted by molar-refractivity contribution is 14.1. The van der Waals surface area contributed by atoms with Crippen molar-refractivity contribution < 1.29 is 23.9 Å². The molecule has 0 aromatic heterocycles. The summed E-state index contributed by atoms with van der Waals surface area (Å²) in [7, 11) is 1.48. The number of rotatable bonds is 9. The lowest BCUT2D eigenvalue weighted by Gasteiger charge is -2.14. The highest BCUT2D eigenvalue weighted by Crippen LogP contribution is 2.33. The third-order valence-corrected chi connectivity index (χ3v) is 5.77. The topological polar surface area (TPSA) is 118 Å². The molecule has 0 aliphatic carbocycles. The van der Waals surface area contributed by atoms with Crippen LogP contribution in [0, 0.1) is 17.4 Å². The molecule has 0 saturated heterocycles. The largest absolute Gasteiger partial charge is 0.493 e. The van der Waals surface area contributed by atoms with Crippen LogP contribution in [0.3, 0.4) is 0 Å². The zero-order valence-corrected chi connectivity index (χ0v) is 22.0. The fraction of sp³-hybridized carbons (Fsp3) is 0.333. The lowest BCUT2D eigenvalue weighted by atomic mass is 10.1. The van der Waals surface area contributed by atoms with E-state index in [1.54, 1.807) is 19.1 Å². The molecule has 3 N–H and O–H groups in total. The summed E-state index contributed by atoms with van der Waals surface area (Å²) in [5.41, 5.74) is 5.73. The molecule has 2 rings (SSSR count). The lowest BCUT2D eigenvalue weighted by Crippen LogP contribution is -2.41. The molecular weight excluding hydrogens is 551 g/mol. The SMILES string of the molecule is CC[C@@H](C)NC(=O)C(=O)N/N=C\c1cc(I)c(OCC(=O)Nc2ccc(C)c(C)c2)c(OC)c1. The number of benzene rings is 2. The fourth-order valence-corrected chi connectivity index (χ4v) is 3.50. The molecule has 0 fully saturated rings. The van der Waals surface area contributed by atoms with Gasteiger partial charge in [0.05, 0.1) is 16.9 Å². The molecule has 2 aromatic rings. The maximum absolute atomic E-state index is 12.3. The van der Waals surface area contributed by atoms with Gasteiger partial charge >= 0.3 is 11.8 Å².